The van der Waals surface area contributed by atoms with Crippen LogP contribution in [-0.4, -0.2) is 15.7 Å². The molecule has 0 aliphatic rings. The van der Waals surface area contributed by atoms with E-state index in [0.29, 0.717) is 0 Å². The number of benzene rings is 3. The summed E-state index contributed by atoms with van der Waals surface area (Å²) < 4.78 is 1.90. The monoisotopic (exact) mass is 409 g/mol. The summed E-state index contributed by atoms with van der Waals surface area (Å²) in [5.41, 5.74) is 7.84. The maximum absolute atomic E-state index is 13.5. The fourth-order valence-corrected chi connectivity index (χ4v) is 3.91. The van der Waals surface area contributed by atoms with E-state index in [-0.39, 0.29) is 5.91 Å². The molecule has 0 aliphatic carbocycles. The van der Waals surface area contributed by atoms with Gasteiger partial charge in [-0.15, -0.1) is 0 Å². The zero-order valence-electron chi connectivity index (χ0n) is 18.4. The third-order valence-electron chi connectivity index (χ3n) is 5.80. The van der Waals surface area contributed by atoms with Crippen molar-refractivity contribution >= 4 is 11.6 Å². The maximum atomic E-state index is 13.5. The summed E-state index contributed by atoms with van der Waals surface area (Å²) in [6, 6.07) is 26.0. The van der Waals surface area contributed by atoms with Gasteiger partial charge in [0.15, 0.2) is 0 Å². The Balaban J connectivity index is 1.70. The first-order chi connectivity index (χ1) is 15.0. The zero-order valence-corrected chi connectivity index (χ0v) is 18.4. The molecule has 1 aromatic heterocycles. The summed E-state index contributed by atoms with van der Waals surface area (Å²) in [6.45, 7) is 8.11. The minimum absolute atomic E-state index is 0.0664. The molecule has 0 fully saturated rings. The highest BCUT2D eigenvalue weighted by Crippen LogP contribution is 2.29. The number of nitrogens with one attached hydrogen (secondary N) is 1. The SMILES string of the molecule is Cc1ccc(-n2nc(C)c(NC(=O)C(c3ccccc3)c3ccccc3)c2C)cc1C. The number of nitrogens with zero attached hydrogens (tertiary/aromatic N) is 2. The number of aryl methyl sites for hydroxylation is 3. The molecular weight excluding hydrogens is 382 g/mol. The fraction of sp³-hybridized carbons (Fsp3) is 0.185. The summed E-state index contributed by atoms with van der Waals surface area (Å²) in [6.07, 6.45) is 0. The van der Waals surface area contributed by atoms with Gasteiger partial charge in [-0.3, -0.25) is 4.79 Å². The van der Waals surface area contributed by atoms with Crippen molar-refractivity contribution in [3.63, 3.8) is 0 Å². The second-order valence-electron chi connectivity index (χ2n) is 7.97. The molecule has 0 atom stereocenters. The highest BCUT2D eigenvalue weighted by molar-refractivity contribution is 5.99. The van der Waals surface area contributed by atoms with E-state index in [1.54, 1.807) is 0 Å². The normalized spacial score (nSPS) is 11.0. The molecule has 0 bridgehead atoms. The van der Waals surface area contributed by atoms with Gasteiger partial charge in [0.05, 0.1) is 28.7 Å². The Hall–Kier alpha value is -3.66. The number of carbonyl (C=O) groups is 1. The van der Waals surface area contributed by atoms with Crippen LogP contribution in [0.2, 0.25) is 0 Å². The summed E-state index contributed by atoms with van der Waals surface area (Å²) in [5, 5.41) is 7.88. The van der Waals surface area contributed by atoms with Gasteiger partial charge < -0.3 is 5.32 Å². The lowest BCUT2D eigenvalue weighted by atomic mass is 9.90. The molecular formula is C27H27N3O. The molecule has 1 amide bonds. The molecule has 4 rings (SSSR count). The molecule has 1 heterocycles. The van der Waals surface area contributed by atoms with Crippen LogP contribution in [0.1, 0.15) is 39.6 Å². The van der Waals surface area contributed by atoms with Crippen molar-refractivity contribution in [2.75, 3.05) is 5.32 Å². The average molecular weight is 410 g/mol. The predicted octanol–water partition coefficient (Wildman–Crippen LogP) is 5.88. The van der Waals surface area contributed by atoms with Crippen molar-refractivity contribution in [3.05, 3.63) is 113 Å². The Morgan fingerprint density at radius 2 is 1.39 bits per heavy atom. The molecule has 0 spiro atoms. The molecule has 1 N–H and O–H groups in total. The predicted molar refractivity (Wildman–Crippen MR) is 126 cm³/mol. The zero-order chi connectivity index (χ0) is 22.0. The van der Waals surface area contributed by atoms with Gasteiger partial charge in [0, 0.05) is 0 Å². The second kappa shape index (κ2) is 8.60. The van der Waals surface area contributed by atoms with E-state index in [4.69, 9.17) is 5.10 Å². The van der Waals surface area contributed by atoms with Crippen LogP contribution in [0.4, 0.5) is 5.69 Å². The summed E-state index contributed by atoms with van der Waals surface area (Å²) in [7, 11) is 0. The molecule has 0 unspecified atom stereocenters. The summed E-state index contributed by atoms with van der Waals surface area (Å²) in [5.74, 6) is -0.464. The van der Waals surface area contributed by atoms with E-state index in [0.717, 1.165) is 33.9 Å². The van der Waals surface area contributed by atoms with Crippen LogP contribution in [-0.2, 0) is 4.79 Å². The molecule has 4 nitrogen and oxygen atoms in total. The molecule has 4 heteroatoms. The van der Waals surface area contributed by atoms with Crippen LogP contribution in [0.25, 0.3) is 5.69 Å². The Kier molecular flexibility index (Phi) is 5.72. The Labute approximate surface area is 183 Å². The fourth-order valence-electron chi connectivity index (χ4n) is 3.91. The van der Waals surface area contributed by atoms with E-state index in [1.165, 1.54) is 11.1 Å². The number of rotatable bonds is 5. The quantitative estimate of drug-likeness (QED) is 0.448. The van der Waals surface area contributed by atoms with Crippen molar-refractivity contribution in [2.24, 2.45) is 0 Å². The number of carbonyl (C=O) groups excluding carboxylic acids is 1. The molecule has 0 saturated carbocycles. The third-order valence-corrected chi connectivity index (χ3v) is 5.80. The van der Waals surface area contributed by atoms with Crippen molar-refractivity contribution < 1.29 is 4.79 Å². The molecule has 0 radical (unpaired) electrons. The van der Waals surface area contributed by atoms with Gasteiger partial charge in [-0.25, -0.2) is 4.68 Å². The molecule has 0 aliphatic heterocycles. The van der Waals surface area contributed by atoms with Gasteiger partial charge in [0.1, 0.15) is 0 Å². The highest BCUT2D eigenvalue weighted by atomic mass is 16.1. The lowest BCUT2D eigenvalue weighted by Crippen LogP contribution is -2.22. The average Bonchev–Trinajstić information content (AvgIpc) is 3.05. The summed E-state index contributed by atoms with van der Waals surface area (Å²) in [4.78, 5) is 13.5. The first-order valence-corrected chi connectivity index (χ1v) is 10.5. The van der Waals surface area contributed by atoms with Crippen LogP contribution in [0, 0.1) is 27.7 Å². The van der Waals surface area contributed by atoms with Crippen molar-refractivity contribution in [1.82, 2.24) is 9.78 Å². The van der Waals surface area contributed by atoms with Gasteiger partial charge in [-0.1, -0.05) is 66.7 Å². The summed E-state index contributed by atoms with van der Waals surface area (Å²) >= 11 is 0. The van der Waals surface area contributed by atoms with Gasteiger partial charge in [-0.05, 0) is 62.1 Å². The largest absolute Gasteiger partial charge is 0.322 e. The number of aromatic nitrogens is 2. The highest BCUT2D eigenvalue weighted by Gasteiger charge is 2.25. The van der Waals surface area contributed by atoms with Crippen LogP contribution >= 0.6 is 0 Å². The van der Waals surface area contributed by atoms with E-state index < -0.39 is 5.92 Å². The van der Waals surface area contributed by atoms with E-state index in [2.05, 4.69) is 37.4 Å². The first kappa shape index (κ1) is 20.6. The third kappa shape index (κ3) is 4.15. The molecule has 4 aromatic rings. The lowest BCUT2D eigenvalue weighted by molar-refractivity contribution is -0.116. The van der Waals surface area contributed by atoms with Crippen molar-refractivity contribution in [3.8, 4) is 5.69 Å². The van der Waals surface area contributed by atoms with Gasteiger partial charge in [0.2, 0.25) is 5.91 Å². The standard InChI is InChI=1S/C27H27N3O/c1-18-15-16-24(17-19(18)2)30-21(4)26(20(3)29-30)28-27(31)25(22-11-7-5-8-12-22)23-13-9-6-10-14-23/h5-17,25H,1-4H3,(H,28,31). The minimum atomic E-state index is -0.397. The van der Waals surface area contributed by atoms with Gasteiger partial charge in [-0.2, -0.15) is 5.10 Å². The maximum Gasteiger partial charge on any atom is 0.236 e. The van der Waals surface area contributed by atoms with Crippen LogP contribution in [0.3, 0.4) is 0 Å². The minimum Gasteiger partial charge on any atom is -0.322 e. The van der Waals surface area contributed by atoms with Crippen LogP contribution in [0.5, 0.6) is 0 Å². The smallest absolute Gasteiger partial charge is 0.236 e. The van der Waals surface area contributed by atoms with E-state index in [1.807, 2.05) is 79.2 Å². The Bertz CT molecular complexity index is 1170. The van der Waals surface area contributed by atoms with Gasteiger partial charge >= 0.3 is 0 Å². The molecule has 31 heavy (non-hydrogen) atoms. The molecule has 3 aromatic carbocycles. The van der Waals surface area contributed by atoms with Crippen molar-refractivity contribution in [1.29, 1.82) is 0 Å². The number of amides is 1. The van der Waals surface area contributed by atoms with Crippen molar-refractivity contribution in [2.45, 2.75) is 33.6 Å². The van der Waals surface area contributed by atoms with Gasteiger partial charge in [0.25, 0.3) is 0 Å². The number of anilines is 1. The lowest BCUT2D eigenvalue weighted by Gasteiger charge is -2.18. The second-order valence-corrected chi connectivity index (χ2v) is 7.97. The topological polar surface area (TPSA) is 46.9 Å². The van der Waals surface area contributed by atoms with Crippen LogP contribution < -0.4 is 5.32 Å². The molecule has 156 valence electrons. The number of hydrogen-bond donors (Lipinski definition) is 1. The Morgan fingerprint density at radius 3 is 1.94 bits per heavy atom. The van der Waals surface area contributed by atoms with E-state index >= 15 is 0 Å². The molecule has 0 saturated heterocycles. The van der Waals surface area contributed by atoms with E-state index in [9.17, 15) is 4.79 Å². The first-order valence-electron chi connectivity index (χ1n) is 10.5. The number of hydrogen-bond acceptors (Lipinski definition) is 2. The Morgan fingerprint density at radius 1 is 0.806 bits per heavy atom. The van der Waals surface area contributed by atoms with Crippen LogP contribution in [0.15, 0.2) is 78.9 Å².